The quantitative estimate of drug-likeness (QED) is 0.811. The molecule has 0 bridgehead atoms. The lowest BCUT2D eigenvalue weighted by Crippen LogP contribution is -2.31. The van der Waals surface area contributed by atoms with Gasteiger partial charge in [-0.2, -0.15) is 0 Å². The Morgan fingerprint density at radius 3 is 2.65 bits per heavy atom. The normalized spacial score (nSPS) is 18.0. The summed E-state index contributed by atoms with van der Waals surface area (Å²) in [7, 11) is 0. The van der Waals surface area contributed by atoms with E-state index in [1.54, 1.807) is 29.7 Å². The van der Waals surface area contributed by atoms with Crippen molar-refractivity contribution in [2.45, 2.75) is 12.5 Å². The Balaban J connectivity index is 1.61. The predicted molar refractivity (Wildman–Crippen MR) is 69.0 cm³/mol. The maximum Gasteiger partial charge on any atom is 0.274 e. The number of likely N-dealkylation sites (tertiary alicyclic amines) is 1. The van der Waals surface area contributed by atoms with Gasteiger partial charge in [0.2, 0.25) is 5.88 Å². The van der Waals surface area contributed by atoms with Crippen molar-refractivity contribution in [2.75, 3.05) is 13.1 Å². The Bertz CT molecular complexity index is 578. The molecule has 0 radical (unpaired) electrons. The van der Waals surface area contributed by atoms with Crippen LogP contribution in [0.4, 0.5) is 0 Å². The highest BCUT2D eigenvalue weighted by atomic mass is 16.5. The molecule has 2 aromatic heterocycles. The molecule has 1 saturated heterocycles. The summed E-state index contributed by atoms with van der Waals surface area (Å²) in [5.41, 5.74) is 0.354. The summed E-state index contributed by atoms with van der Waals surface area (Å²) < 4.78 is 5.69. The molecule has 1 atom stereocenters. The number of ether oxygens (including phenoxy) is 1. The Labute approximate surface area is 115 Å². The van der Waals surface area contributed by atoms with Gasteiger partial charge in [0.05, 0.1) is 18.9 Å². The molecule has 0 unspecified atom stereocenters. The van der Waals surface area contributed by atoms with E-state index in [1.165, 1.54) is 12.4 Å². The molecule has 7 nitrogen and oxygen atoms in total. The molecule has 1 aliphatic rings. The van der Waals surface area contributed by atoms with Crippen molar-refractivity contribution in [1.29, 1.82) is 0 Å². The third-order valence-electron chi connectivity index (χ3n) is 3.04. The summed E-state index contributed by atoms with van der Waals surface area (Å²) in [6, 6.07) is 0. The number of aromatic nitrogens is 4. The van der Waals surface area contributed by atoms with Gasteiger partial charge in [-0.1, -0.05) is 0 Å². The van der Waals surface area contributed by atoms with Crippen LogP contribution < -0.4 is 4.74 Å². The van der Waals surface area contributed by atoms with E-state index in [9.17, 15) is 4.79 Å². The van der Waals surface area contributed by atoms with Crippen LogP contribution in [0.5, 0.6) is 5.88 Å². The first-order chi connectivity index (χ1) is 9.83. The Morgan fingerprint density at radius 2 is 1.95 bits per heavy atom. The monoisotopic (exact) mass is 271 g/mol. The molecule has 102 valence electrons. The summed E-state index contributed by atoms with van der Waals surface area (Å²) in [6.45, 7) is 1.16. The van der Waals surface area contributed by atoms with E-state index in [-0.39, 0.29) is 12.0 Å². The summed E-state index contributed by atoms with van der Waals surface area (Å²) >= 11 is 0. The summed E-state index contributed by atoms with van der Waals surface area (Å²) in [4.78, 5) is 29.8. The third-order valence-corrected chi connectivity index (χ3v) is 3.04. The molecule has 3 rings (SSSR count). The highest BCUT2D eigenvalue weighted by Crippen LogP contribution is 2.17. The molecule has 1 aliphatic heterocycles. The fourth-order valence-corrected chi connectivity index (χ4v) is 2.10. The van der Waals surface area contributed by atoms with Gasteiger partial charge < -0.3 is 9.64 Å². The van der Waals surface area contributed by atoms with Gasteiger partial charge in [0.25, 0.3) is 5.91 Å². The number of amides is 1. The molecule has 2 aromatic rings. The predicted octanol–water partition coefficient (Wildman–Crippen LogP) is 0.560. The average molecular weight is 271 g/mol. The molecule has 0 saturated carbocycles. The Hall–Kier alpha value is -2.57. The SMILES string of the molecule is O=C(c1cnccn1)N1CC[C@@H](Oc2cnccn2)C1. The highest BCUT2D eigenvalue weighted by Gasteiger charge is 2.29. The van der Waals surface area contributed by atoms with Crippen molar-refractivity contribution in [3.05, 3.63) is 42.9 Å². The van der Waals surface area contributed by atoms with E-state index in [4.69, 9.17) is 4.74 Å². The van der Waals surface area contributed by atoms with E-state index in [0.717, 1.165) is 6.42 Å². The number of rotatable bonds is 3. The van der Waals surface area contributed by atoms with Crippen molar-refractivity contribution in [3.8, 4) is 5.88 Å². The van der Waals surface area contributed by atoms with Gasteiger partial charge >= 0.3 is 0 Å². The van der Waals surface area contributed by atoms with Gasteiger partial charge in [-0.25, -0.2) is 9.97 Å². The third kappa shape index (κ3) is 2.71. The maximum atomic E-state index is 12.2. The zero-order valence-electron chi connectivity index (χ0n) is 10.7. The van der Waals surface area contributed by atoms with Gasteiger partial charge in [0.15, 0.2) is 0 Å². The second-order valence-electron chi connectivity index (χ2n) is 4.41. The first kappa shape index (κ1) is 12.5. The molecule has 3 heterocycles. The number of hydrogen-bond acceptors (Lipinski definition) is 6. The smallest absolute Gasteiger partial charge is 0.274 e. The molecular formula is C13H13N5O2. The standard InChI is InChI=1S/C13H13N5O2/c19-13(11-7-14-2-4-16-11)18-6-1-10(9-18)20-12-8-15-3-5-17-12/h2-5,7-8,10H,1,6,9H2/t10-/m1/s1. The number of hydrogen-bond donors (Lipinski definition) is 0. The largest absolute Gasteiger partial charge is 0.471 e. The number of nitrogens with zero attached hydrogens (tertiary/aromatic N) is 5. The highest BCUT2D eigenvalue weighted by molar-refractivity contribution is 5.92. The fourth-order valence-electron chi connectivity index (χ4n) is 2.10. The number of carbonyl (C=O) groups is 1. The molecule has 7 heteroatoms. The van der Waals surface area contributed by atoms with Crippen LogP contribution in [0.15, 0.2) is 37.2 Å². The minimum Gasteiger partial charge on any atom is -0.471 e. The first-order valence-corrected chi connectivity index (χ1v) is 6.31. The zero-order chi connectivity index (χ0) is 13.8. The average Bonchev–Trinajstić information content (AvgIpc) is 2.97. The van der Waals surface area contributed by atoms with Crippen molar-refractivity contribution < 1.29 is 9.53 Å². The van der Waals surface area contributed by atoms with Gasteiger partial charge in [-0.05, 0) is 0 Å². The van der Waals surface area contributed by atoms with E-state index >= 15 is 0 Å². The van der Waals surface area contributed by atoms with Crippen LogP contribution in [0.25, 0.3) is 0 Å². The van der Waals surface area contributed by atoms with Gasteiger partial charge in [-0.15, -0.1) is 0 Å². The Morgan fingerprint density at radius 1 is 1.15 bits per heavy atom. The van der Waals surface area contributed by atoms with Crippen molar-refractivity contribution >= 4 is 5.91 Å². The molecule has 0 aromatic carbocycles. The summed E-state index contributed by atoms with van der Waals surface area (Å²) in [5.74, 6) is 0.356. The van der Waals surface area contributed by atoms with E-state index < -0.39 is 0 Å². The van der Waals surface area contributed by atoms with Crippen LogP contribution in [0.1, 0.15) is 16.9 Å². The Kier molecular flexibility index (Phi) is 3.49. The van der Waals surface area contributed by atoms with Crippen LogP contribution in [0, 0.1) is 0 Å². The van der Waals surface area contributed by atoms with Gasteiger partial charge in [-0.3, -0.25) is 14.8 Å². The maximum absolute atomic E-state index is 12.2. The van der Waals surface area contributed by atoms with Crippen molar-refractivity contribution in [3.63, 3.8) is 0 Å². The van der Waals surface area contributed by atoms with E-state index in [1.807, 2.05) is 0 Å². The second kappa shape index (κ2) is 5.60. The zero-order valence-corrected chi connectivity index (χ0v) is 10.7. The molecule has 1 amide bonds. The topological polar surface area (TPSA) is 81.1 Å². The lowest BCUT2D eigenvalue weighted by atomic mass is 10.3. The van der Waals surface area contributed by atoms with Crippen LogP contribution in [-0.2, 0) is 0 Å². The number of carbonyl (C=O) groups excluding carboxylic acids is 1. The molecule has 1 fully saturated rings. The molecule has 0 aliphatic carbocycles. The minimum atomic E-state index is -0.122. The van der Waals surface area contributed by atoms with Crippen LogP contribution in [0.3, 0.4) is 0 Å². The van der Waals surface area contributed by atoms with Crippen molar-refractivity contribution in [2.24, 2.45) is 0 Å². The molecule has 0 N–H and O–H groups in total. The molecular weight excluding hydrogens is 258 g/mol. The minimum absolute atomic E-state index is 0.0627. The van der Waals surface area contributed by atoms with Gasteiger partial charge in [0, 0.05) is 37.8 Å². The molecule has 0 spiro atoms. The summed E-state index contributed by atoms with van der Waals surface area (Å²) in [5, 5.41) is 0. The summed E-state index contributed by atoms with van der Waals surface area (Å²) in [6.07, 6.45) is 9.96. The van der Waals surface area contributed by atoms with E-state index in [0.29, 0.717) is 24.7 Å². The van der Waals surface area contributed by atoms with Gasteiger partial charge in [0.1, 0.15) is 11.8 Å². The first-order valence-electron chi connectivity index (χ1n) is 6.31. The lowest BCUT2D eigenvalue weighted by Gasteiger charge is -2.16. The van der Waals surface area contributed by atoms with Crippen molar-refractivity contribution in [1.82, 2.24) is 24.8 Å². The molecule has 20 heavy (non-hydrogen) atoms. The van der Waals surface area contributed by atoms with Crippen LogP contribution >= 0.6 is 0 Å². The van der Waals surface area contributed by atoms with Crippen LogP contribution in [0.2, 0.25) is 0 Å². The van der Waals surface area contributed by atoms with Crippen LogP contribution in [-0.4, -0.2) is 49.9 Å². The second-order valence-corrected chi connectivity index (χ2v) is 4.41. The van der Waals surface area contributed by atoms with E-state index in [2.05, 4.69) is 19.9 Å². The lowest BCUT2D eigenvalue weighted by molar-refractivity contribution is 0.0765. The fraction of sp³-hybridized carbons (Fsp3) is 0.308.